The highest BCUT2D eigenvalue weighted by Gasteiger charge is 2.63. The summed E-state index contributed by atoms with van der Waals surface area (Å²) in [6, 6.07) is 6.80. The van der Waals surface area contributed by atoms with E-state index in [0.29, 0.717) is 44.0 Å². The molecule has 0 aromatic heterocycles. The van der Waals surface area contributed by atoms with Crippen LogP contribution in [0.4, 0.5) is 5.69 Å². The monoisotopic (exact) mass is 1180 g/mol. The highest BCUT2D eigenvalue weighted by molar-refractivity contribution is 7.44. The van der Waals surface area contributed by atoms with E-state index in [4.69, 9.17) is 28.7 Å². The van der Waals surface area contributed by atoms with Gasteiger partial charge >= 0.3 is 11.8 Å². The average molecular weight is 1190 g/mol. The molecule has 2 aromatic carbocycles. The summed E-state index contributed by atoms with van der Waals surface area (Å²) in [6.07, 6.45) is 1.93. The fourth-order valence-corrected chi connectivity index (χ4v) is 13.7. The number of aliphatic imine (C=N–C) groups is 1. The maximum absolute atomic E-state index is 15.2. The molecule has 11 rings (SSSR count). The Morgan fingerprint density at radius 1 is 0.952 bits per heavy atom. The summed E-state index contributed by atoms with van der Waals surface area (Å²) in [5.74, 6) is -9.30. The Bertz CT molecular complexity index is 3070. The number of piperidine rings is 1. The highest BCUT2D eigenvalue weighted by Crippen LogP contribution is 2.52. The number of aliphatic hydroxyl groups excluding tert-OH is 1. The van der Waals surface area contributed by atoms with Gasteiger partial charge in [0, 0.05) is 105 Å². The lowest BCUT2D eigenvalue weighted by atomic mass is 9.63. The number of hydrogen-bond donors (Lipinski definition) is 5. The van der Waals surface area contributed by atoms with Gasteiger partial charge < -0.3 is 54.7 Å². The number of phenols is 1. The summed E-state index contributed by atoms with van der Waals surface area (Å²) in [7, 11) is 2.57. The quantitative estimate of drug-likeness (QED) is 0.0935. The summed E-state index contributed by atoms with van der Waals surface area (Å²) in [6.45, 7) is 20.6. The molecule has 5 N–H and O–H groups in total. The molecule has 2 aromatic rings. The van der Waals surface area contributed by atoms with Crippen molar-refractivity contribution in [3.63, 3.8) is 0 Å². The molecule has 8 heterocycles. The van der Waals surface area contributed by atoms with E-state index < -0.39 is 117 Å². The van der Waals surface area contributed by atoms with Crippen LogP contribution in [0.25, 0.3) is 0 Å². The first-order valence-corrected chi connectivity index (χ1v) is 30.1. The Hall–Kier alpha value is -6.05. The number of anilines is 1. The Labute approximate surface area is 487 Å². The third-order valence-electron chi connectivity index (χ3n) is 17.5. The third kappa shape index (κ3) is 12.1. The fourth-order valence-electron chi connectivity index (χ4n) is 13.0. The van der Waals surface area contributed by atoms with Crippen molar-refractivity contribution in [1.82, 2.24) is 20.4 Å². The maximum Gasteiger partial charge on any atom is 0.312 e. The lowest BCUT2D eigenvalue weighted by Crippen LogP contribution is -2.70. The number of carbonyl (C=O) groups excluding carboxylic acids is 6. The summed E-state index contributed by atoms with van der Waals surface area (Å²) >= 11 is 0. The van der Waals surface area contributed by atoms with E-state index in [0.717, 1.165) is 12.1 Å². The van der Waals surface area contributed by atoms with Crippen LogP contribution in [0.15, 0.2) is 64.6 Å². The van der Waals surface area contributed by atoms with Gasteiger partial charge in [-0.3, -0.25) is 47.8 Å². The number of esters is 1. The summed E-state index contributed by atoms with van der Waals surface area (Å²) < 4.78 is 53.9. The molecule has 0 radical (unpaired) electrons. The number of ketones is 3. The molecule has 2 unspecified atom stereocenters. The van der Waals surface area contributed by atoms with Crippen molar-refractivity contribution >= 4 is 63.5 Å². The number of nitrogens with zero attached hydrogens (tertiary/aromatic N) is 3. The minimum absolute atomic E-state index is 0.0150. The van der Waals surface area contributed by atoms with Gasteiger partial charge in [-0.15, -0.1) is 0 Å². The van der Waals surface area contributed by atoms with Gasteiger partial charge in [-0.1, -0.05) is 66.7 Å². The van der Waals surface area contributed by atoms with Gasteiger partial charge in [0.15, 0.2) is 22.7 Å². The number of allylic oxidation sites excluding steroid dienone is 2. The van der Waals surface area contributed by atoms with Crippen molar-refractivity contribution in [3.8, 4) is 11.5 Å². The molecule has 7 bridgehead atoms. The van der Waals surface area contributed by atoms with Gasteiger partial charge in [0.1, 0.15) is 40.0 Å². The molecule has 0 saturated carbocycles. The summed E-state index contributed by atoms with van der Waals surface area (Å²) in [4.78, 5) is 95.5. The van der Waals surface area contributed by atoms with E-state index in [1.54, 1.807) is 65.1 Å². The van der Waals surface area contributed by atoms with E-state index >= 15 is 9.59 Å². The molecule has 448 valence electrons. The molecule has 8 aliphatic heterocycles. The molecule has 2 amide bonds. The number of carbonyl (C=O) groups is 6. The van der Waals surface area contributed by atoms with Gasteiger partial charge in [0.25, 0.3) is 11.7 Å². The zero-order valence-corrected chi connectivity index (χ0v) is 51.3. The highest BCUT2D eigenvalue weighted by atomic mass is 31.1. The van der Waals surface area contributed by atoms with E-state index in [2.05, 4.69) is 34.7 Å². The topological polar surface area (TPSA) is 278 Å². The van der Waals surface area contributed by atoms with Gasteiger partial charge in [-0.2, -0.15) is 0 Å². The Balaban J connectivity index is 1.18. The fraction of sp³-hybridized carbons (Fsp3) is 0.583. The lowest BCUT2D eigenvalue weighted by molar-refractivity contribution is -0.281. The van der Waals surface area contributed by atoms with Crippen LogP contribution >= 0.6 is 16.9 Å². The number of likely N-dealkylation sites (tertiary alicyclic amines) is 1. The number of phenolic OH excluding ortho intramolecular Hbond substituents is 1. The smallest absolute Gasteiger partial charge is 0.312 e. The van der Waals surface area contributed by atoms with Crippen LogP contribution in [0, 0.1) is 42.4 Å². The maximum atomic E-state index is 15.2. The molecular formula is C60H78N6O15P2. The van der Waals surface area contributed by atoms with E-state index in [1.165, 1.54) is 52.0 Å². The zero-order chi connectivity index (χ0) is 60.8. The van der Waals surface area contributed by atoms with E-state index in [9.17, 15) is 38.5 Å². The first-order valence-electron chi connectivity index (χ1n) is 28.3. The number of likely N-dealkylation sites (N-methyl/N-ethyl adjacent to an activating group) is 1. The van der Waals surface area contributed by atoms with Gasteiger partial charge in [0.05, 0.1) is 60.2 Å². The molecule has 9 aliphatic rings. The van der Waals surface area contributed by atoms with Crippen molar-refractivity contribution in [3.05, 3.63) is 87.5 Å². The van der Waals surface area contributed by atoms with E-state index in [-0.39, 0.29) is 80.7 Å². The molecule has 2 fully saturated rings. The van der Waals surface area contributed by atoms with Crippen LogP contribution in [-0.2, 0) is 53.7 Å². The number of aliphatic hydroxyl groups is 1. The number of ether oxygens (including phenoxy) is 5. The van der Waals surface area contributed by atoms with Crippen molar-refractivity contribution in [2.45, 2.75) is 142 Å². The van der Waals surface area contributed by atoms with Crippen LogP contribution in [-0.4, -0.2) is 155 Å². The number of nitrogens with one attached hydrogen (secondary N) is 3. The number of rotatable bonds is 14. The molecule has 2 saturated heterocycles. The first kappa shape index (κ1) is 63.0. The lowest BCUT2D eigenvalue weighted by Gasteiger charge is -2.58. The molecule has 23 heteroatoms. The standard InChI is InChI=1S/C60H78N6O15P2/c1-29(2)26-66-21-19-59(20-22-66)63-47-44-45-51(71)35(8)55-46(44)56(73)58(11,80-55)78-23-18-40(77-13)32(5)53(79-37(10)67)33(6)50(70)34(7)54-36(9)60(81-54,31(4)24-30(3)57(74)62-49(52(45)72)48(47)64-59)41(68)27-65(12)28-42(69)61-39-16-14-38(15-17-39)25-43(82-75)83-76/h14-18,23-24,29,31-34,36,40,43,50,53-54,64,70-71H,19-22,25-28H2,1-13H3,(H,61,69)(H,62,74)/b23-18+,30-24-/t31?,32-,33-,34+,36-,40+,50+,53-,54-,58+,60?/m1/s1. The number of aromatic hydroxyl groups is 1. The summed E-state index contributed by atoms with van der Waals surface area (Å²) in [5.41, 5.74) is -1.29. The minimum atomic E-state index is -2.03. The second-order valence-electron chi connectivity index (χ2n) is 24.0. The minimum Gasteiger partial charge on any atom is -0.507 e. The molecule has 21 nitrogen and oxygen atoms in total. The molecule has 11 atom stereocenters. The summed E-state index contributed by atoms with van der Waals surface area (Å²) in [5, 5.41) is 33.0. The van der Waals surface area contributed by atoms with Crippen LogP contribution in [0.2, 0.25) is 0 Å². The largest absolute Gasteiger partial charge is 0.507 e. The molecule has 1 spiro atoms. The van der Waals surface area contributed by atoms with E-state index in [1.807, 2.05) is 6.92 Å². The molecule has 83 heavy (non-hydrogen) atoms. The van der Waals surface area contributed by atoms with Crippen LogP contribution in [0.3, 0.4) is 0 Å². The second-order valence-corrected chi connectivity index (χ2v) is 26.1. The van der Waals surface area contributed by atoms with Crippen molar-refractivity contribution in [2.24, 2.45) is 40.5 Å². The van der Waals surface area contributed by atoms with Crippen LogP contribution < -0.4 is 20.7 Å². The van der Waals surface area contributed by atoms with Gasteiger partial charge in [-0.05, 0) is 57.0 Å². The predicted molar refractivity (Wildman–Crippen MR) is 309 cm³/mol. The Morgan fingerprint density at radius 2 is 1.61 bits per heavy atom. The third-order valence-corrected chi connectivity index (χ3v) is 18.9. The predicted octanol–water partition coefficient (Wildman–Crippen LogP) is 7.06. The average Bonchev–Trinajstić information content (AvgIpc) is 1.79. The number of Topliss-reactive ketones (excluding diaryl/α,β-unsaturated/α-hetero) is 3. The normalized spacial score (nSPS) is 31.3. The van der Waals surface area contributed by atoms with Gasteiger partial charge in [0.2, 0.25) is 11.7 Å². The number of amides is 2. The number of methoxy groups -OCH3 is 1. The van der Waals surface area contributed by atoms with Crippen molar-refractivity contribution in [1.29, 1.82) is 0 Å². The Kier molecular flexibility index (Phi) is 18.9. The first-order chi connectivity index (χ1) is 39.1. The van der Waals surface area contributed by atoms with Crippen LogP contribution in [0.5, 0.6) is 11.5 Å². The SMILES string of the molecule is CO[C@H]1/C=C/O[C@@]2(C)Oc3c(C)c(O)c4c(c3C2=O)C2=NC3(CCN(CC(C)C)CC3)NC2=C(NC(=O)/C(C)=C\C(C)C2(C(=O)CN(C)CC(=O)Nc3ccc(CC(P=O)P=O)cc3)O[C@H]([C@@H](C)[C@@H](O)[C@@H](C)[C@H](OC(C)=O)[C@@H]1C)[C@H]2C)C4=O. The number of hydrogen-bond acceptors (Lipinski definition) is 19. The molecule has 1 aliphatic carbocycles. The molecular weight excluding hydrogens is 1110 g/mol. The second kappa shape index (κ2) is 24.9. The van der Waals surface area contributed by atoms with Crippen molar-refractivity contribution < 1.29 is 71.8 Å². The zero-order valence-electron chi connectivity index (χ0n) is 49.5. The van der Waals surface area contributed by atoms with Crippen LogP contribution in [0.1, 0.15) is 119 Å². The number of benzene rings is 2. The van der Waals surface area contributed by atoms with Crippen molar-refractivity contribution in [2.75, 3.05) is 52.2 Å². The Morgan fingerprint density at radius 3 is 2.22 bits per heavy atom. The van der Waals surface area contributed by atoms with Gasteiger partial charge in [-0.25, -0.2) is 0 Å².